The molecule has 5 heteroatoms. The molecule has 0 spiro atoms. The lowest BCUT2D eigenvalue weighted by molar-refractivity contribution is 0.632. The van der Waals surface area contributed by atoms with Crippen LogP contribution in [0.2, 0.25) is 0 Å². The van der Waals surface area contributed by atoms with Gasteiger partial charge in [0.15, 0.2) is 5.13 Å². The fraction of sp³-hybridized carbons (Fsp3) is 0.571. The molecule has 2 aromatic rings. The van der Waals surface area contributed by atoms with Crippen molar-refractivity contribution in [2.45, 2.75) is 52.4 Å². The highest BCUT2D eigenvalue weighted by Crippen LogP contribution is 2.39. The molecule has 0 aliphatic rings. The van der Waals surface area contributed by atoms with Gasteiger partial charge in [0.1, 0.15) is 0 Å². The van der Waals surface area contributed by atoms with Gasteiger partial charge in [0, 0.05) is 11.3 Å². The van der Waals surface area contributed by atoms with E-state index in [1.54, 1.807) is 11.3 Å². The first-order chi connectivity index (χ1) is 9.06. The van der Waals surface area contributed by atoms with Crippen molar-refractivity contribution >= 4 is 27.8 Å². The molecule has 104 valence electrons. The lowest BCUT2D eigenvalue weighted by Gasteiger charge is -2.07. The largest absolute Gasteiger partial charge is 0.375 e. The molecule has 2 aromatic heterocycles. The molecule has 0 saturated heterocycles. The molecule has 2 heterocycles. The van der Waals surface area contributed by atoms with Gasteiger partial charge in [-0.3, -0.25) is 0 Å². The molecule has 19 heavy (non-hydrogen) atoms. The Morgan fingerprint density at radius 3 is 2.37 bits per heavy atom. The number of hydrogen-bond donors (Lipinski definition) is 1. The number of nitrogens with zero attached hydrogens (tertiary/aromatic N) is 2. The van der Waals surface area contributed by atoms with Crippen LogP contribution in [0.5, 0.6) is 0 Å². The Balaban J connectivity index is 2.47. The van der Waals surface area contributed by atoms with Crippen molar-refractivity contribution < 1.29 is 0 Å². The third-order valence-corrected chi connectivity index (χ3v) is 5.24. The first-order valence-electron chi connectivity index (χ1n) is 6.78. The van der Waals surface area contributed by atoms with E-state index in [2.05, 4.69) is 32.7 Å². The topological polar surface area (TPSA) is 51.8 Å². The maximum Gasteiger partial charge on any atom is 0.180 e. The minimum atomic E-state index is 0.414. The number of nitrogens with two attached hydrogens (primary N) is 1. The van der Waals surface area contributed by atoms with Crippen LogP contribution in [0, 0.1) is 0 Å². The van der Waals surface area contributed by atoms with Crippen LogP contribution in [0.1, 0.15) is 63.1 Å². The van der Waals surface area contributed by atoms with Crippen molar-refractivity contribution in [1.82, 2.24) is 9.97 Å². The molecule has 0 aliphatic heterocycles. The number of rotatable bonds is 5. The monoisotopic (exact) mass is 295 g/mol. The Hall–Kier alpha value is -0.940. The summed E-state index contributed by atoms with van der Waals surface area (Å²) >= 11 is 3.28. The summed E-state index contributed by atoms with van der Waals surface area (Å²) in [7, 11) is 0. The van der Waals surface area contributed by atoms with E-state index in [0.29, 0.717) is 17.0 Å². The summed E-state index contributed by atoms with van der Waals surface area (Å²) in [4.78, 5) is 10.5. The van der Waals surface area contributed by atoms with Crippen LogP contribution >= 0.6 is 22.7 Å². The van der Waals surface area contributed by atoms with Crippen molar-refractivity contribution in [1.29, 1.82) is 0 Å². The van der Waals surface area contributed by atoms with E-state index in [4.69, 9.17) is 10.7 Å². The molecule has 0 saturated carbocycles. The van der Waals surface area contributed by atoms with Crippen molar-refractivity contribution in [3.8, 4) is 10.6 Å². The fourth-order valence-corrected chi connectivity index (χ4v) is 4.21. The molecule has 0 aliphatic carbocycles. The van der Waals surface area contributed by atoms with E-state index in [0.717, 1.165) is 24.2 Å². The molecule has 0 bridgehead atoms. The van der Waals surface area contributed by atoms with Gasteiger partial charge in [0.2, 0.25) is 0 Å². The van der Waals surface area contributed by atoms with Gasteiger partial charge in [-0.1, -0.05) is 27.7 Å². The van der Waals surface area contributed by atoms with E-state index in [-0.39, 0.29) is 0 Å². The first kappa shape index (κ1) is 14.5. The molecule has 0 radical (unpaired) electrons. The maximum absolute atomic E-state index is 5.75. The summed E-state index contributed by atoms with van der Waals surface area (Å²) in [6.45, 7) is 8.83. The second kappa shape index (κ2) is 6.01. The molecule has 2 rings (SSSR count). The molecular weight excluding hydrogens is 274 g/mol. The number of aromatic nitrogens is 2. The normalized spacial score (nSPS) is 11.7. The lowest BCUT2D eigenvalue weighted by Crippen LogP contribution is -1.96. The summed E-state index contributed by atoms with van der Waals surface area (Å²) in [5.41, 5.74) is 7.90. The summed E-state index contributed by atoms with van der Waals surface area (Å²) in [5, 5.41) is 3.91. The maximum atomic E-state index is 5.75. The molecule has 0 aromatic carbocycles. The van der Waals surface area contributed by atoms with E-state index in [1.165, 1.54) is 21.2 Å². The van der Waals surface area contributed by atoms with Crippen LogP contribution in [-0.2, 0) is 0 Å². The molecule has 0 unspecified atom stereocenters. The number of hydrogen-bond acceptors (Lipinski definition) is 5. The van der Waals surface area contributed by atoms with E-state index in [9.17, 15) is 0 Å². The highest BCUT2D eigenvalue weighted by atomic mass is 32.1. The molecule has 0 fully saturated rings. The first-order valence-corrected chi connectivity index (χ1v) is 8.48. The summed E-state index contributed by atoms with van der Waals surface area (Å²) < 4.78 is 0. The summed E-state index contributed by atoms with van der Waals surface area (Å²) in [6.07, 6.45) is 2.28. The molecule has 0 amide bonds. The predicted octanol–water partition coefficient (Wildman–Crippen LogP) is 4.88. The predicted molar refractivity (Wildman–Crippen MR) is 85.0 cm³/mol. The molecule has 0 atom stereocenters. The van der Waals surface area contributed by atoms with Gasteiger partial charge in [-0.25, -0.2) is 9.97 Å². The second-order valence-corrected chi connectivity index (χ2v) is 6.93. The minimum absolute atomic E-state index is 0.414. The van der Waals surface area contributed by atoms with Crippen LogP contribution in [0.4, 0.5) is 5.13 Å². The fourth-order valence-electron chi connectivity index (χ4n) is 2.13. The van der Waals surface area contributed by atoms with Crippen LogP contribution in [0.25, 0.3) is 10.6 Å². The average molecular weight is 295 g/mol. The number of nitrogen functional groups attached to an aromatic ring is 1. The van der Waals surface area contributed by atoms with Gasteiger partial charge in [0.25, 0.3) is 0 Å². The highest BCUT2D eigenvalue weighted by Gasteiger charge is 2.21. The number of thiazole rings is 2. The smallest absolute Gasteiger partial charge is 0.180 e. The number of anilines is 1. The Morgan fingerprint density at radius 1 is 1.21 bits per heavy atom. The molecule has 2 N–H and O–H groups in total. The molecular formula is C14H21N3S2. The summed E-state index contributed by atoms with van der Waals surface area (Å²) in [5.74, 6) is 0.976. The second-order valence-electron chi connectivity index (χ2n) is 5.01. The van der Waals surface area contributed by atoms with Gasteiger partial charge in [-0.05, 0) is 18.8 Å². The molecule has 3 nitrogen and oxygen atoms in total. The minimum Gasteiger partial charge on any atom is -0.375 e. The van der Waals surface area contributed by atoms with E-state index < -0.39 is 0 Å². The van der Waals surface area contributed by atoms with Crippen molar-refractivity contribution in [2.24, 2.45) is 0 Å². The van der Waals surface area contributed by atoms with E-state index >= 15 is 0 Å². The highest BCUT2D eigenvalue weighted by molar-refractivity contribution is 7.16. The van der Waals surface area contributed by atoms with Gasteiger partial charge in [-0.2, -0.15) is 0 Å². The summed E-state index contributed by atoms with van der Waals surface area (Å²) in [6, 6.07) is 0. The Bertz CT molecular complexity index is 539. The standard InChI is InChI=1S/C14H21N3S2/c1-5-9(6-2)13-17-11(8(3)4)12(19-13)10-7-18-14(15)16-10/h7-9H,5-6H2,1-4H3,(H2,15,16). The van der Waals surface area contributed by atoms with Crippen molar-refractivity contribution in [3.63, 3.8) is 0 Å². The SMILES string of the molecule is CCC(CC)c1nc(C(C)C)c(-c2csc(N)n2)s1. The van der Waals surface area contributed by atoms with Crippen LogP contribution in [-0.4, -0.2) is 9.97 Å². The van der Waals surface area contributed by atoms with Gasteiger partial charge in [-0.15, -0.1) is 22.7 Å². The van der Waals surface area contributed by atoms with Gasteiger partial charge >= 0.3 is 0 Å². The van der Waals surface area contributed by atoms with Crippen molar-refractivity contribution in [2.75, 3.05) is 5.73 Å². The van der Waals surface area contributed by atoms with Gasteiger partial charge in [0.05, 0.1) is 21.3 Å². The zero-order valence-corrected chi connectivity index (χ0v) is 13.6. The van der Waals surface area contributed by atoms with Crippen LogP contribution in [0.3, 0.4) is 0 Å². The average Bonchev–Trinajstić information content (AvgIpc) is 2.97. The Morgan fingerprint density at radius 2 is 1.89 bits per heavy atom. The van der Waals surface area contributed by atoms with Gasteiger partial charge < -0.3 is 5.73 Å². The third kappa shape index (κ3) is 2.98. The lowest BCUT2D eigenvalue weighted by atomic mass is 10.0. The third-order valence-electron chi connectivity index (χ3n) is 3.31. The Labute approximate surface area is 122 Å². The quantitative estimate of drug-likeness (QED) is 0.855. The van der Waals surface area contributed by atoms with Crippen molar-refractivity contribution in [3.05, 3.63) is 16.1 Å². The zero-order chi connectivity index (χ0) is 14.0. The zero-order valence-electron chi connectivity index (χ0n) is 11.9. The van der Waals surface area contributed by atoms with E-state index in [1.807, 2.05) is 5.38 Å². The van der Waals surface area contributed by atoms with Crippen LogP contribution < -0.4 is 5.73 Å². The Kier molecular flexibility index (Phi) is 4.58. The van der Waals surface area contributed by atoms with Crippen LogP contribution in [0.15, 0.2) is 5.38 Å².